The van der Waals surface area contributed by atoms with E-state index < -0.39 is 17.5 Å². The topological polar surface area (TPSA) is 105 Å². The van der Waals surface area contributed by atoms with E-state index in [1.54, 1.807) is 13.8 Å². The minimum atomic E-state index is -0.881. The Hall–Kier alpha value is -3.35. The van der Waals surface area contributed by atoms with Gasteiger partial charge in [0, 0.05) is 25.4 Å². The van der Waals surface area contributed by atoms with E-state index in [1.807, 2.05) is 24.3 Å². The number of ether oxygens (including phenoxy) is 1. The minimum absolute atomic E-state index is 0.00264. The number of unbranched alkanes of at least 4 members (excludes halogenated alkanes) is 1. The molecule has 1 aliphatic carbocycles. The molecule has 2 aromatic rings. The van der Waals surface area contributed by atoms with Gasteiger partial charge in [0.15, 0.2) is 0 Å². The summed E-state index contributed by atoms with van der Waals surface area (Å²) >= 11 is 0. The Labute approximate surface area is 194 Å². The molecule has 0 unspecified atom stereocenters. The third kappa shape index (κ3) is 6.81. The number of alkyl carbamates (subject to hydrolysis) is 1. The van der Waals surface area contributed by atoms with E-state index in [0.29, 0.717) is 32.4 Å². The predicted octanol–water partition coefficient (Wildman–Crippen LogP) is 4.31. The molecule has 7 heteroatoms. The zero-order chi connectivity index (χ0) is 23.8. The molecule has 176 valence electrons. The number of hydrogen-bond acceptors (Lipinski definition) is 4. The van der Waals surface area contributed by atoms with Crippen molar-refractivity contribution in [2.75, 3.05) is 19.7 Å². The number of amides is 2. The summed E-state index contributed by atoms with van der Waals surface area (Å²) in [5.41, 5.74) is 4.22. The molecule has 3 N–H and O–H groups in total. The van der Waals surface area contributed by atoms with Crippen LogP contribution in [0.1, 0.15) is 56.6 Å². The highest BCUT2D eigenvalue weighted by molar-refractivity contribution is 5.79. The number of carboxylic acid groups (broad SMARTS) is 1. The van der Waals surface area contributed by atoms with Crippen LogP contribution in [0.5, 0.6) is 0 Å². The Balaban J connectivity index is 1.34. The van der Waals surface area contributed by atoms with Crippen molar-refractivity contribution in [2.45, 2.75) is 45.4 Å². The summed E-state index contributed by atoms with van der Waals surface area (Å²) in [4.78, 5) is 34.9. The van der Waals surface area contributed by atoms with Crippen LogP contribution in [0.25, 0.3) is 11.1 Å². The van der Waals surface area contributed by atoms with E-state index in [-0.39, 0.29) is 24.9 Å². The van der Waals surface area contributed by atoms with Gasteiger partial charge in [-0.3, -0.25) is 9.59 Å². The van der Waals surface area contributed by atoms with Crippen LogP contribution in [-0.2, 0) is 14.3 Å². The van der Waals surface area contributed by atoms with Crippen molar-refractivity contribution in [1.82, 2.24) is 10.6 Å². The maximum absolute atomic E-state index is 12.2. The van der Waals surface area contributed by atoms with Crippen LogP contribution < -0.4 is 10.6 Å². The molecule has 2 amide bonds. The molecule has 3 rings (SSSR count). The number of carbonyl (C=O) groups excluding carboxylic acids is 2. The first kappa shape index (κ1) is 24.3. The van der Waals surface area contributed by atoms with Crippen LogP contribution in [0.3, 0.4) is 0 Å². The van der Waals surface area contributed by atoms with Gasteiger partial charge in [-0.15, -0.1) is 0 Å². The lowest BCUT2D eigenvalue weighted by Gasteiger charge is -2.22. The normalized spacial score (nSPS) is 12.5. The minimum Gasteiger partial charge on any atom is -0.481 e. The highest BCUT2D eigenvalue weighted by Crippen LogP contribution is 2.44. The molecule has 0 spiro atoms. The summed E-state index contributed by atoms with van der Waals surface area (Å²) in [5, 5.41) is 14.4. The molecule has 33 heavy (non-hydrogen) atoms. The zero-order valence-corrected chi connectivity index (χ0v) is 19.2. The fraction of sp³-hybridized carbons (Fsp3) is 0.423. The lowest BCUT2D eigenvalue weighted by Crippen LogP contribution is -2.35. The average Bonchev–Trinajstić information content (AvgIpc) is 3.09. The SMILES string of the molecule is CC(C)(CNC(=O)CCCCNC(=O)OCC1c2ccccc2-c2ccccc21)CC(=O)O. The molecule has 2 aromatic carbocycles. The monoisotopic (exact) mass is 452 g/mol. The highest BCUT2D eigenvalue weighted by atomic mass is 16.5. The van der Waals surface area contributed by atoms with Gasteiger partial charge in [0.1, 0.15) is 6.61 Å². The van der Waals surface area contributed by atoms with Crippen molar-refractivity contribution in [1.29, 1.82) is 0 Å². The molecular formula is C26H32N2O5. The van der Waals surface area contributed by atoms with Crippen molar-refractivity contribution in [3.63, 3.8) is 0 Å². The summed E-state index contributed by atoms with van der Waals surface area (Å²) in [5.74, 6) is -0.972. The molecule has 0 fully saturated rings. The lowest BCUT2D eigenvalue weighted by molar-refractivity contribution is -0.139. The van der Waals surface area contributed by atoms with E-state index >= 15 is 0 Å². The molecule has 0 aromatic heterocycles. The van der Waals surface area contributed by atoms with Gasteiger partial charge in [-0.05, 0) is 40.5 Å². The van der Waals surface area contributed by atoms with Gasteiger partial charge < -0.3 is 20.5 Å². The number of carboxylic acids is 1. The number of aliphatic carboxylic acids is 1. The average molecular weight is 453 g/mol. The summed E-state index contributed by atoms with van der Waals surface area (Å²) in [6, 6.07) is 16.4. The Kier molecular flexibility index (Phi) is 8.09. The number of carbonyl (C=O) groups is 3. The van der Waals surface area contributed by atoms with E-state index in [4.69, 9.17) is 9.84 Å². The third-order valence-corrected chi connectivity index (χ3v) is 5.84. The first-order chi connectivity index (χ1) is 15.8. The molecule has 0 bridgehead atoms. The van der Waals surface area contributed by atoms with Gasteiger partial charge in [0.25, 0.3) is 0 Å². The standard InChI is InChI=1S/C26H32N2O5/c1-26(2,15-24(30)31)17-28-23(29)13-7-8-14-27-25(32)33-16-22-20-11-5-3-9-18(20)19-10-4-6-12-21(19)22/h3-6,9-12,22H,7-8,13-17H2,1-2H3,(H,27,32)(H,28,29)(H,30,31). The van der Waals surface area contributed by atoms with Crippen molar-refractivity contribution in [3.8, 4) is 11.1 Å². The molecule has 7 nitrogen and oxygen atoms in total. The van der Waals surface area contributed by atoms with Crippen LogP contribution in [-0.4, -0.2) is 42.8 Å². The molecule has 0 heterocycles. The van der Waals surface area contributed by atoms with Crippen molar-refractivity contribution in [2.24, 2.45) is 5.41 Å². The fourth-order valence-corrected chi connectivity index (χ4v) is 4.15. The number of nitrogens with one attached hydrogen (secondary N) is 2. The summed E-state index contributed by atoms with van der Waals surface area (Å²) in [7, 11) is 0. The van der Waals surface area contributed by atoms with Crippen LogP contribution in [0, 0.1) is 5.41 Å². The maximum Gasteiger partial charge on any atom is 0.407 e. The smallest absolute Gasteiger partial charge is 0.407 e. The molecule has 0 radical (unpaired) electrons. The van der Waals surface area contributed by atoms with Crippen LogP contribution in [0.2, 0.25) is 0 Å². The van der Waals surface area contributed by atoms with Gasteiger partial charge >= 0.3 is 12.1 Å². The zero-order valence-electron chi connectivity index (χ0n) is 19.2. The van der Waals surface area contributed by atoms with E-state index in [2.05, 4.69) is 34.9 Å². The fourth-order valence-electron chi connectivity index (χ4n) is 4.15. The first-order valence-electron chi connectivity index (χ1n) is 11.3. The Morgan fingerprint density at radius 1 is 0.939 bits per heavy atom. The van der Waals surface area contributed by atoms with Crippen molar-refractivity contribution < 1.29 is 24.2 Å². The second-order valence-corrected chi connectivity index (χ2v) is 9.22. The highest BCUT2D eigenvalue weighted by Gasteiger charge is 2.29. The van der Waals surface area contributed by atoms with Crippen molar-refractivity contribution in [3.05, 3.63) is 59.7 Å². The van der Waals surface area contributed by atoms with E-state index in [0.717, 1.165) is 0 Å². The molecule has 0 atom stereocenters. The Morgan fingerprint density at radius 3 is 2.15 bits per heavy atom. The van der Waals surface area contributed by atoms with Crippen LogP contribution in [0.15, 0.2) is 48.5 Å². The molecular weight excluding hydrogens is 420 g/mol. The second kappa shape index (κ2) is 11.0. The van der Waals surface area contributed by atoms with Gasteiger partial charge in [-0.25, -0.2) is 4.79 Å². The van der Waals surface area contributed by atoms with E-state index in [1.165, 1.54) is 22.3 Å². The Bertz CT molecular complexity index is 956. The number of hydrogen-bond donors (Lipinski definition) is 3. The van der Waals surface area contributed by atoms with E-state index in [9.17, 15) is 14.4 Å². The Morgan fingerprint density at radius 2 is 1.55 bits per heavy atom. The van der Waals surface area contributed by atoms with Gasteiger partial charge in [0.05, 0.1) is 6.42 Å². The summed E-state index contributed by atoms with van der Waals surface area (Å²) < 4.78 is 5.50. The summed E-state index contributed by atoms with van der Waals surface area (Å²) in [6.45, 7) is 4.62. The van der Waals surface area contributed by atoms with Gasteiger partial charge in [-0.2, -0.15) is 0 Å². The predicted molar refractivity (Wildman–Crippen MR) is 126 cm³/mol. The number of rotatable bonds is 11. The second-order valence-electron chi connectivity index (χ2n) is 9.22. The third-order valence-electron chi connectivity index (χ3n) is 5.84. The molecule has 0 aliphatic heterocycles. The quantitative estimate of drug-likeness (QED) is 0.441. The molecule has 1 aliphatic rings. The van der Waals surface area contributed by atoms with Gasteiger partial charge in [-0.1, -0.05) is 62.4 Å². The van der Waals surface area contributed by atoms with Crippen molar-refractivity contribution >= 4 is 18.0 Å². The first-order valence-corrected chi connectivity index (χ1v) is 11.3. The van der Waals surface area contributed by atoms with Crippen LogP contribution >= 0.6 is 0 Å². The lowest BCUT2D eigenvalue weighted by atomic mass is 9.89. The number of fused-ring (bicyclic) bond motifs is 3. The largest absolute Gasteiger partial charge is 0.481 e. The summed E-state index contributed by atoms with van der Waals surface area (Å²) in [6.07, 6.45) is 1.13. The van der Waals surface area contributed by atoms with Crippen LogP contribution in [0.4, 0.5) is 4.79 Å². The van der Waals surface area contributed by atoms with Gasteiger partial charge in [0.2, 0.25) is 5.91 Å². The number of benzene rings is 2. The maximum atomic E-state index is 12.2. The molecule has 0 saturated carbocycles. The molecule has 0 saturated heterocycles.